The van der Waals surface area contributed by atoms with Crippen LogP contribution in [0.1, 0.15) is 61.9 Å². The van der Waals surface area contributed by atoms with Crippen LogP contribution >= 0.6 is 0 Å². The summed E-state index contributed by atoms with van der Waals surface area (Å²) in [5.74, 6) is 0.0275. The van der Waals surface area contributed by atoms with Gasteiger partial charge in [0.2, 0.25) is 11.8 Å². The van der Waals surface area contributed by atoms with Gasteiger partial charge in [0, 0.05) is 31.9 Å². The van der Waals surface area contributed by atoms with Crippen molar-refractivity contribution in [2.45, 2.75) is 76.4 Å². The predicted octanol–water partition coefficient (Wildman–Crippen LogP) is 1.38. The SMILES string of the molecule is CN(Cc1n[nH]c2c1CCCC2)C(=O)C[C@@H]1C(=O)NCCN1C1CCCC1. The summed E-state index contributed by atoms with van der Waals surface area (Å²) in [6.07, 6.45) is 9.50. The number of carbonyl (C=O) groups is 2. The molecule has 2 N–H and O–H groups in total. The van der Waals surface area contributed by atoms with Crippen LogP contribution in [0.2, 0.25) is 0 Å². The van der Waals surface area contributed by atoms with Crippen LogP contribution in [-0.4, -0.2) is 64.0 Å². The molecule has 2 fully saturated rings. The lowest BCUT2D eigenvalue weighted by molar-refractivity contribution is -0.139. The normalized spacial score (nSPS) is 23.9. The van der Waals surface area contributed by atoms with Crippen molar-refractivity contribution in [2.24, 2.45) is 0 Å². The molecule has 3 aliphatic rings. The van der Waals surface area contributed by atoms with Gasteiger partial charge in [-0.1, -0.05) is 12.8 Å². The topological polar surface area (TPSA) is 81.3 Å². The molecule has 2 amide bonds. The number of nitrogens with zero attached hydrogens (tertiary/aromatic N) is 3. The summed E-state index contributed by atoms with van der Waals surface area (Å²) < 4.78 is 0. The Morgan fingerprint density at radius 1 is 1.22 bits per heavy atom. The zero-order valence-corrected chi connectivity index (χ0v) is 16.3. The molecular formula is C20H31N5O2. The lowest BCUT2D eigenvalue weighted by Crippen LogP contribution is -2.59. The van der Waals surface area contributed by atoms with Crippen LogP contribution in [-0.2, 0) is 29.0 Å². The van der Waals surface area contributed by atoms with Crippen LogP contribution in [0.4, 0.5) is 0 Å². The second-order valence-corrected chi connectivity index (χ2v) is 8.27. The minimum atomic E-state index is -0.329. The predicted molar refractivity (Wildman–Crippen MR) is 102 cm³/mol. The van der Waals surface area contributed by atoms with Crippen molar-refractivity contribution < 1.29 is 9.59 Å². The Labute approximate surface area is 160 Å². The molecular weight excluding hydrogens is 342 g/mol. The Kier molecular flexibility index (Phi) is 5.48. The third-order valence-electron chi connectivity index (χ3n) is 6.49. The summed E-state index contributed by atoms with van der Waals surface area (Å²) in [6, 6.07) is 0.127. The highest BCUT2D eigenvalue weighted by Crippen LogP contribution is 2.27. The lowest BCUT2D eigenvalue weighted by Gasteiger charge is -2.39. The van der Waals surface area contributed by atoms with Crippen molar-refractivity contribution in [3.05, 3.63) is 17.0 Å². The molecule has 0 spiro atoms. The van der Waals surface area contributed by atoms with E-state index in [9.17, 15) is 9.59 Å². The molecule has 148 valence electrons. The number of piperazine rings is 1. The van der Waals surface area contributed by atoms with Gasteiger partial charge >= 0.3 is 0 Å². The average molecular weight is 374 g/mol. The third kappa shape index (κ3) is 3.88. The maximum Gasteiger partial charge on any atom is 0.237 e. The first-order valence-corrected chi connectivity index (χ1v) is 10.5. The van der Waals surface area contributed by atoms with Gasteiger partial charge in [-0.15, -0.1) is 0 Å². The standard InChI is InChI=1S/C20H31N5O2/c1-24(13-17-15-8-4-5-9-16(15)22-23-17)19(26)12-18-20(27)21-10-11-25(18)14-6-2-3-7-14/h14,18H,2-13H2,1H3,(H,21,27)(H,22,23)/t18-/m1/s1. The number of rotatable bonds is 5. The zero-order chi connectivity index (χ0) is 18.8. The molecule has 0 unspecified atom stereocenters. The van der Waals surface area contributed by atoms with Gasteiger partial charge in [-0.25, -0.2) is 0 Å². The first-order valence-electron chi connectivity index (χ1n) is 10.5. The fourth-order valence-electron chi connectivity index (χ4n) is 4.93. The van der Waals surface area contributed by atoms with Crippen molar-refractivity contribution in [3.63, 3.8) is 0 Å². The molecule has 0 radical (unpaired) electrons. The van der Waals surface area contributed by atoms with E-state index in [0.717, 1.165) is 37.9 Å². The molecule has 1 atom stereocenters. The van der Waals surface area contributed by atoms with E-state index in [0.29, 0.717) is 19.1 Å². The number of aryl methyl sites for hydroxylation is 1. The van der Waals surface area contributed by atoms with Crippen molar-refractivity contribution in [1.82, 2.24) is 25.3 Å². The van der Waals surface area contributed by atoms with Crippen LogP contribution in [0.25, 0.3) is 0 Å². The van der Waals surface area contributed by atoms with Gasteiger partial charge in [-0.2, -0.15) is 5.10 Å². The smallest absolute Gasteiger partial charge is 0.237 e. The Morgan fingerprint density at radius 2 is 2.00 bits per heavy atom. The van der Waals surface area contributed by atoms with E-state index >= 15 is 0 Å². The molecule has 1 saturated heterocycles. The van der Waals surface area contributed by atoms with Crippen LogP contribution in [0.15, 0.2) is 0 Å². The highest BCUT2D eigenvalue weighted by atomic mass is 16.2. The fourth-order valence-corrected chi connectivity index (χ4v) is 4.93. The van der Waals surface area contributed by atoms with Gasteiger partial charge < -0.3 is 10.2 Å². The van der Waals surface area contributed by atoms with E-state index in [-0.39, 0.29) is 24.3 Å². The van der Waals surface area contributed by atoms with Gasteiger partial charge in [-0.05, 0) is 44.1 Å². The first-order chi connectivity index (χ1) is 13.1. The highest BCUT2D eigenvalue weighted by molar-refractivity contribution is 5.88. The van der Waals surface area contributed by atoms with Crippen molar-refractivity contribution in [3.8, 4) is 0 Å². The lowest BCUT2D eigenvalue weighted by atomic mass is 9.96. The fraction of sp³-hybridized carbons (Fsp3) is 0.750. The summed E-state index contributed by atoms with van der Waals surface area (Å²) in [4.78, 5) is 29.4. The molecule has 1 aliphatic heterocycles. The van der Waals surface area contributed by atoms with Crippen molar-refractivity contribution in [1.29, 1.82) is 0 Å². The van der Waals surface area contributed by atoms with E-state index in [4.69, 9.17) is 0 Å². The molecule has 2 heterocycles. The first kappa shape index (κ1) is 18.5. The Hall–Kier alpha value is -1.89. The summed E-state index contributed by atoms with van der Waals surface area (Å²) in [5, 5.41) is 10.5. The van der Waals surface area contributed by atoms with Gasteiger partial charge in [0.25, 0.3) is 0 Å². The number of hydrogen-bond acceptors (Lipinski definition) is 4. The van der Waals surface area contributed by atoms with E-state index in [1.54, 1.807) is 4.90 Å². The molecule has 1 aromatic rings. The molecule has 1 aromatic heterocycles. The van der Waals surface area contributed by atoms with Crippen LogP contribution < -0.4 is 5.32 Å². The van der Waals surface area contributed by atoms with Crippen LogP contribution in [0.5, 0.6) is 0 Å². The Bertz CT molecular complexity index is 695. The molecule has 4 rings (SSSR count). The number of aromatic nitrogens is 2. The molecule has 0 bridgehead atoms. The summed E-state index contributed by atoms with van der Waals surface area (Å²) in [6.45, 7) is 2.06. The van der Waals surface area contributed by atoms with Crippen molar-refractivity contribution >= 4 is 11.8 Å². The van der Waals surface area contributed by atoms with Gasteiger partial charge in [0.05, 0.1) is 24.7 Å². The van der Waals surface area contributed by atoms with Gasteiger partial charge in [0.1, 0.15) is 0 Å². The van der Waals surface area contributed by atoms with E-state index in [2.05, 4.69) is 20.4 Å². The molecule has 27 heavy (non-hydrogen) atoms. The van der Waals surface area contributed by atoms with Crippen LogP contribution in [0.3, 0.4) is 0 Å². The Morgan fingerprint density at radius 3 is 2.81 bits per heavy atom. The van der Waals surface area contributed by atoms with E-state index in [1.165, 1.54) is 36.9 Å². The summed E-state index contributed by atoms with van der Waals surface area (Å²) >= 11 is 0. The number of nitrogens with one attached hydrogen (secondary N) is 2. The third-order valence-corrected chi connectivity index (χ3v) is 6.49. The minimum Gasteiger partial charge on any atom is -0.353 e. The van der Waals surface area contributed by atoms with E-state index < -0.39 is 0 Å². The molecule has 7 heteroatoms. The molecule has 7 nitrogen and oxygen atoms in total. The van der Waals surface area contributed by atoms with Crippen molar-refractivity contribution in [2.75, 3.05) is 20.1 Å². The molecule has 1 saturated carbocycles. The number of H-pyrrole nitrogens is 1. The average Bonchev–Trinajstić information content (AvgIpc) is 3.34. The Balaban J connectivity index is 1.40. The van der Waals surface area contributed by atoms with E-state index in [1.807, 2.05) is 7.05 Å². The zero-order valence-electron chi connectivity index (χ0n) is 16.3. The number of aromatic amines is 1. The summed E-state index contributed by atoms with van der Waals surface area (Å²) in [7, 11) is 1.83. The van der Waals surface area contributed by atoms with Gasteiger partial charge in [0.15, 0.2) is 0 Å². The number of hydrogen-bond donors (Lipinski definition) is 2. The monoisotopic (exact) mass is 373 g/mol. The number of carbonyl (C=O) groups excluding carboxylic acids is 2. The molecule has 0 aromatic carbocycles. The highest BCUT2D eigenvalue weighted by Gasteiger charge is 2.37. The van der Waals surface area contributed by atoms with Crippen LogP contribution in [0, 0.1) is 0 Å². The second-order valence-electron chi connectivity index (χ2n) is 8.27. The number of amides is 2. The van der Waals surface area contributed by atoms with Gasteiger partial charge in [-0.3, -0.25) is 19.6 Å². The maximum atomic E-state index is 12.9. The second kappa shape index (κ2) is 8.00. The maximum absolute atomic E-state index is 12.9. The molecule has 2 aliphatic carbocycles. The largest absolute Gasteiger partial charge is 0.353 e. The minimum absolute atomic E-state index is 0.00653. The quantitative estimate of drug-likeness (QED) is 0.817. The summed E-state index contributed by atoms with van der Waals surface area (Å²) in [5.41, 5.74) is 3.52. The number of fused-ring (bicyclic) bond motifs is 1.